The molecule has 27 heavy (non-hydrogen) atoms. The maximum absolute atomic E-state index is 11.1. The van der Waals surface area contributed by atoms with Crippen LogP contribution in [0.2, 0.25) is 0 Å². The van der Waals surface area contributed by atoms with Gasteiger partial charge in [0.2, 0.25) is 5.91 Å². The minimum Gasteiger partial charge on any atom is -0.491 e. The number of benzene rings is 2. The Balaban J connectivity index is 1.76. The fourth-order valence-corrected chi connectivity index (χ4v) is 3.55. The molecule has 1 aromatic heterocycles. The van der Waals surface area contributed by atoms with E-state index >= 15 is 0 Å². The molecule has 3 rings (SSSR count). The molecule has 1 atom stereocenters. The quantitative estimate of drug-likeness (QED) is 0.614. The molecule has 1 N–H and O–H groups in total. The third kappa shape index (κ3) is 5.20. The molecule has 0 fully saturated rings. The van der Waals surface area contributed by atoms with Gasteiger partial charge in [0, 0.05) is 19.5 Å². The SMILES string of the molecule is CC(=O)NCC(C)c1ccc2nc(Oc3cccc(OC(C)C)c3)sc2c1. The first kappa shape index (κ1) is 19.2. The molecule has 0 spiro atoms. The first-order chi connectivity index (χ1) is 12.9. The van der Waals surface area contributed by atoms with Crippen LogP contribution in [0.4, 0.5) is 0 Å². The van der Waals surface area contributed by atoms with Crippen molar-refractivity contribution in [2.75, 3.05) is 6.54 Å². The summed E-state index contributed by atoms with van der Waals surface area (Å²) in [5.41, 5.74) is 2.07. The van der Waals surface area contributed by atoms with Crippen molar-refractivity contribution in [2.45, 2.75) is 39.7 Å². The second-order valence-corrected chi connectivity index (χ2v) is 7.78. The van der Waals surface area contributed by atoms with Crippen LogP contribution in [0.3, 0.4) is 0 Å². The number of nitrogens with zero attached hydrogens (tertiary/aromatic N) is 1. The zero-order valence-corrected chi connectivity index (χ0v) is 16.8. The van der Waals surface area contributed by atoms with Crippen LogP contribution >= 0.6 is 11.3 Å². The summed E-state index contributed by atoms with van der Waals surface area (Å²) >= 11 is 1.51. The lowest BCUT2D eigenvalue weighted by Gasteiger charge is -2.11. The number of nitrogens with one attached hydrogen (secondary N) is 1. The van der Waals surface area contributed by atoms with Gasteiger partial charge < -0.3 is 14.8 Å². The molecule has 1 heterocycles. The van der Waals surface area contributed by atoms with E-state index in [9.17, 15) is 4.79 Å². The fourth-order valence-electron chi connectivity index (χ4n) is 2.67. The van der Waals surface area contributed by atoms with Gasteiger partial charge in [-0.15, -0.1) is 0 Å². The van der Waals surface area contributed by atoms with E-state index in [1.807, 2.05) is 44.2 Å². The molecule has 1 unspecified atom stereocenters. The van der Waals surface area contributed by atoms with Crippen LogP contribution in [-0.2, 0) is 4.79 Å². The Hall–Kier alpha value is -2.60. The van der Waals surface area contributed by atoms with E-state index in [0.29, 0.717) is 17.5 Å². The molecule has 0 saturated carbocycles. The molecule has 6 heteroatoms. The van der Waals surface area contributed by atoms with Crippen LogP contribution in [0.25, 0.3) is 10.2 Å². The summed E-state index contributed by atoms with van der Waals surface area (Å²) in [4.78, 5) is 15.7. The number of rotatable bonds is 7. The fraction of sp³-hybridized carbons (Fsp3) is 0.333. The van der Waals surface area contributed by atoms with E-state index < -0.39 is 0 Å². The lowest BCUT2D eigenvalue weighted by molar-refractivity contribution is -0.119. The second-order valence-electron chi connectivity index (χ2n) is 6.79. The van der Waals surface area contributed by atoms with Gasteiger partial charge in [0.15, 0.2) is 0 Å². The van der Waals surface area contributed by atoms with Gasteiger partial charge in [-0.25, -0.2) is 4.98 Å². The van der Waals surface area contributed by atoms with E-state index in [0.717, 1.165) is 16.0 Å². The number of thiazole rings is 1. The molecule has 0 bridgehead atoms. The van der Waals surface area contributed by atoms with Crippen LogP contribution in [-0.4, -0.2) is 23.5 Å². The summed E-state index contributed by atoms with van der Waals surface area (Å²) in [7, 11) is 0. The molecule has 0 saturated heterocycles. The highest BCUT2D eigenvalue weighted by Crippen LogP contribution is 2.34. The number of fused-ring (bicyclic) bond motifs is 1. The van der Waals surface area contributed by atoms with E-state index in [-0.39, 0.29) is 17.9 Å². The topological polar surface area (TPSA) is 60.5 Å². The molecule has 2 aromatic carbocycles. The van der Waals surface area contributed by atoms with Gasteiger partial charge in [-0.1, -0.05) is 30.4 Å². The number of carbonyl (C=O) groups is 1. The highest BCUT2D eigenvalue weighted by atomic mass is 32.1. The van der Waals surface area contributed by atoms with Crippen molar-refractivity contribution in [3.05, 3.63) is 48.0 Å². The predicted octanol–water partition coefficient (Wildman–Crippen LogP) is 5.12. The third-order valence-corrected chi connectivity index (χ3v) is 4.90. The van der Waals surface area contributed by atoms with Gasteiger partial charge in [-0.2, -0.15) is 0 Å². The van der Waals surface area contributed by atoms with Crippen LogP contribution in [0.5, 0.6) is 16.7 Å². The summed E-state index contributed by atoms with van der Waals surface area (Å²) in [5, 5.41) is 3.46. The normalized spacial score (nSPS) is 12.2. The van der Waals surface area contributed by atoms with Gasteiger partial charge in [0.25, 0.3) is 5.19 Å². The molecule has 1 amide bonds. The number of aromatic nitrogens is 1. The highest BCUT2D eigenvalue weighted by Gasteiger charge is 2.11. The molecule has 3 aromatic rings. The van der Waals surface area contributed by atoms with E-state index in [4.69, 9.17) is 9.47 Å². The lowest BCUT2D eigenvalue weighted by atomic mass is 10.0. The van der Waals surface area contributed by atoms with Crippen molar-refractivity contribution in [3.63, 3.8) is 0 Å². The summed E-state index contributed by atoms with van der Waals surface area (Å²) in [5.74, 6) is 1.69. The number of amides is 1. The molecule has 0 aliphatic carbocycles. The average Bonchev–Trinajstić information content (AvgIpc) is 3.00. The predicted molar refractivity (Wildman–Crippen MR) is 109 cm³/mol. The lowest BCUT2D eigenvalue weighted by Crippen LogP contribution is -2.24. The van der Waals surface area contributed by atoms with Crippen molar-refractivity contribution >= 4 is 27.5 Å². The molecule has 0 aliphatic heterocycles. The largest absolute Gasteiger partial charge is 0.491 e. The van der Waals surface area contributed by atoms with Crippen molar-refractivity contribution in [1.82, 2.24) is 10.3 Å². The minimum absolute atomic E-state index is 0.0138. The second kappa shape index (κ2) is 8.39. The van der Waals surface area contributed by atoms with Gasteiger partial charge in [0.05, 0.1) is 16.3 Å². The molecule has 142 valence electrons. The first-order valence-corrected chi connectivity index (χ1v) is 9.82. The Morgan fingerprint density at radius 1 is 1.15 bits per heavy atom. The smallest absolute Gasteiger partial charge is 0.279 e. The number of hydrogen-bond donors (Lipinski definition) is 1. The molecular weight excluding hydrogens is 360 g/mol. The van der Waals surface area contributed by atoms with Crippen molar-refractivity contribution in [1.29, 1.82) is 0 Å². The Bertz CT molecular complexity index is 936. The van der Waals surface area contributed by atoms with Crippen molar-refractivity contribution < 1.29 is 14.3 Å². The monoisotopic (exact) mass is 384 g/mol. The maximum Gasteiger partial charge on any atom is 0.279 e. The Kier molecular flexibility index (Phi) is 5.96. The summed E-state index contributed by atoms with van der Waals surface area (Å²) < 4.78 is 12.7. The van der Waals surface area contributed by atoms with Crippen LogP contribution in [0.15, 0.2) is 42.5 Å². The van der Waals surface area contributed by atoms with Crippen LogP contribution in [0, 0.1) is 0 Å². The molecule has 5 nitrogen and oxygen atoms in total. The molecular formula is C21H24N2O3S. The summed E-state index contributed by atoms with van der Waals surface area (Å²) in [6.45, 7) is 8.22. The van der Waals surface area contributed by atoms with Crippen molar-refractivity contribution in [2.24, 2.45) is 0 Å². The maximum atomic E-state index is 11.1. The van der Waals surface area contributed by atoms with Gasteiger partial charge in [0.1, 0.15) is 11.5 Å². The van der Waals surface area contributed by atoms with Crippen LogP contribution < -0.4 is 14.8 Å². The van der Waals surface area contributed by atoms with E-state index in [2.05, 4.69) is 29.4 Å². The van der Waals surface area contributed by atoms with Gasteiger partial charge in [-0.05, 0) is 49.6 Å². The van der Waals surface area contributed by atoms with E-state index in [1.165, 1.54) is 23.8 Å². The number of hydrogen-bond acceptors (Lipinski definition) is 5. The van der Waals surface area contributed by atoms with E-state index in [1.54, 1.807) is 0 Å². The highest BCUT2D eigenvalue weighted by molar-refractivity contribution is 7.20. The summed E-state index contributed by atoms with van der Waals surface area (Å²) in [6.07, 6.45) is 0.112. The Labute approximate surface area is 163 Å². The standard InChI is InChI=1S/C21H24N2O3S/c1-13(2)25-17-6-5-7-18(11-17)26-21-23-19-9-8-16(10-20(19)27-21)14(3)12-22-15(4)24/h5-11,13-14H,12H2,1-4H3,(H,22,24). The van der Waals surface area contributed by atoms with Crippen LogP contribution in [0.1, 0.15) is 39.2 Å². The third-order valence-electron chi connectivity index (χ3n) is 4.00. The Morgan fingerprint density at radius 2 is 1.93 bits per heavy atom. The first-order valence-electron chi connectivity index (χ1n) is 9.00. The van der Waals surface area contributed by atoms with Gasteiger partial charge >= 0.3 is 0 Å². The number of ether oxygens (including phenoxy) is 2. The summed E-state index contributed by atoms with van der Waals surface area (Å²) in [6, 6.07) is 13.7. The number of carbonyl (C=O) groups excluding carboxylic acids is 1. The molecule has 0 radical (unpaired) electrons. The van der Waals surface area contributed by atoms with Gasteiger partial charge in [-0.3, -0.25) is 4.79 Å². The molecule has 0 aliphatic rings. The zero-order chi connectivity index (χ0) is 19.4. The Morgan fingerprint density at radius 3 is 2.67 bits per heavy atom. The van der Waals surface area contributed by atoms with Crippen molar-refractivity contribution in [3.8, 4) is 16.7 Å². The average molecular weight is 385 g/mol. The minimum atomic E-state index is -0.0138. The zero-order valence-electron chi connectivity index (χ0n) is 16.0.